The van der Waals surface area contributed by atoms with Gasteiger partial charge >= 0.3 is 6.03 Å². The SMILES string of the molecule is CCCCN1C(=O)/C(=C/c2ccc(OC)cc2)C(=O)N(Cc2ccco2)C1=O. The Labute approximate surface area is 163 Å². The van der Waals surface area contributed by atoms with Crippen LogP contribution in [-0.2, 0) is 16.1 Å². The maximum absolute atomic E-state index is 12.9. The van der Waals surface area contributed by atoms with Crippen molar-refractivity contribution in [3.63, 3.8) is 0 Å². The average Bonchev–Trinajstić information content (AvgIpc) is 3.22. The number of unbranched alkanes of at least 4 members (excludes halogenated alkanes) is 1. The zero-order valence-electron chi connectivity index (χ0n) is 15.9. The molecule has 2 heterocycles. The van der Waals surface area contributed by atoms with E-state index >= 15 is 0 Å². The smallest absolute Gasteiger partial charge is 0.334 e. The van der Waals surface area contributed by atoms with E-state index in [0.29, 0.717) is 23.5 Å². The summed E-state index contributed by atoms with van der Waals surface area (Å²) in [5.41, 5.74) is 0.618. The third-order valence-electron chi connectivity index (χ3n) is 4.47. The first-order valence-corrected chi connectivity index (χ1v) is 9.11. The molecule has 1 aromatic heterocycles. The summed E-state index contributed by atoms with van der Waals surface area (Å²) < 4.78 is 10.4. The van der Waals surface area contributed by atoms with Gasteiger partial charge in [0.05, 0.1) is 19.9 Å². The molecule has 7 nitrogen and oxygen atoms in total. The van der Waals surface area contributed by atoms with Crippen LogP contribution in [0.15, 0.2) is 52.7 Å². The second-order valence-corrected chi connectivity index (χ2v) is 6.39. The maximum Gasteiger partial charge on any atom is 0.334 e. The van der Waals surface area contributed by atoms with Crippen LogP contribution in [0, 0.1) is 0 Å². The molecule has 1 fully saturated rings. The van der Waals surface area contributed by atoms with Gasteiger partial charge < -0.3 is 9.15 Å². The Kier molecular flexibility index (Phi) is 5.93. The number of imide groups is 2. The van der Waals surface area contributed by atoms with Gasteiger partial charge in [-0.25, -0.2) is 4.79 Å². The Morgan fingerprint density at radius 2 is 1.75 bits per heavy atom. The fraction of sp³-hybridized carbons (Fsp3) is 0.286. The molecule has 7 heteroatoms. The maximum atomic E-state index is 12.9. The summed E-state index contributed by atoms with van der Waals surface area (Å²) in [7, 11) is 1.56. The van der Waals surface area contributed by atoms with E-state index in [1.165, 1.54) is 12.3 Å². The van der Waals surface area contributed by atoms with Crippen molar-refractivity contribution in [1.29, 1.82) is 0 Å². The van der Waals surface area contributed by atoms with Crippen LogP contribution < -0.4 is 4.74 Å². The number of nitrogens with zero attached hydrogens (tertiary/aromatic N) is 2. The second-order valence-electron chi connectivity index (χ2n) is 6.39. The number of barbiturate groups is 1. The van der Waals surface area contributed by atoms with E-state index in [9.17, 15) is 14.4 Å². The van der Waals surface area contributed by atoms with Crippen LogP contribution in [0.5, 0.6) is 5.75 Å². The predicted molar refractivity (Wildman–Crippen MR) is 102 cm³/mol. The lowest BCUT2D eigenvalue weighted by molar-refractivity contribution is -0.136. The number of methoxy groups -OCH3 is 1. The van der Waals surface area contributed by atoms with Crippen molar-refractivity contribution in [3.8, 4) is 5.75 Å². The van der Waals surface area contributed by atoms with Crippen LogP contribution >= 0.6 is 0 Å². The molecule has 0 atom stereocenters. The van der Waals surface area contributed by atoms with Crippen molar-refractivity contribution >= 4 is 23.9 Å². The number of urea groups is 1. The van der Waals surface area contributed by atoms with Crippen molar-refractivity contribution in [1.82, 2.24) is 9.80 Å². The van der Waals surface area contributed by atoms with Gasteiger partial charge in [-0.1, -0.05) is 25.5 Å². The summed E-state index contributed by atoms with van der Waals surface area (Å²) in [6.45, 7) is 2.20. The zero-order chi connectivity index (χ0) is 20.1. The first-order valence-electron chi connectivity index (χ1n) is 9.11. The third kappa shape index (κ3) is 3.98. The Morgan fingerprint density at radius 1 is 1.04 bits per heavy atom. The van der Waals surface area contributed by atoms with Gasteiger partial charge in [0.1, 0.15) is 17.1 Å². The van der Waals surface area contributed by atoms with E-state index in [0.717, 1.165) is 16.2 Å². The van der Waals surface area contributed by atoms with Crippen molar-refractivity contribution in [2.45, 2.75) is 26.3 Å². The summed E-state index contributed by atoms with van der Waals surface area (Å²) >= 11 is 0. The molecule has 0 radical (unpaired) electrons. The quantitative estimate of drug-likeness (QED) is 0.541. The molecule has 0 bridgehead atoms. The number of rotatable bonds is 7. The van der Waals surface area contributed by atoms with Gasteiger partial charge in [0.2, 0.25) is 0 Å². The largest absolute Gasteiger partial charge is 0.497 e. The van der Waals surface area contributed by atoms with Crippen molar-refractivity contribution < 1.29 is 23.5 Å². The van der Waals surface area contributed by atoms with Crippen LogP contribution in [-0.4, -0.2) is 41.3 Å². The van der Waals surface area contributed by atoms with Gasteiger partial charge in [-0.3, -0.25) is 19.4 Å². The molecule has 0 unspecified atom stereocenters. The Hall–Kier alpha value is -3.35. The molecule has 1 aromatic carbocycles. The number of carbonyl (C=O) groups excluding carboxylic acids is 3. The molecule has 2 aromatic rings. The van der Waals surface area contributed by atoms with Crippen LogP contribution in [0.1, 0.15) is 31.1 Å². The lowest BCUT2D eigenvalue weighted by Crippen LogP contribution is -2.56. The normalized spacial score (nSPS) is 16.2. The number of benzene rings is 1. The molecule has 146 valence electrons. The molecule has 1 aliphatic heterocycles. The van der Waals surface area contributed by atoms with Gasteiger partial charge in [-0.2, -0.15) is 0 Å². The highest BCUT2D eigenvalue weighted by molar-refractivity contribution is 6.30. The van der Waals surface area contributed by atoms with E-state index < -0.39 is 17.8 Å². The number of ether oxygens (including phenoxy) is 1. The number of hydrogen-bond donors (Lipinski definition) is 0. The highest BCUT2D eigenvalue weighted by Gasteiger charge is 2.41. The minimum atomic E-state index is -0.630. The van der Waals surface area contributed by atoms with E-state index in [1.54, 1.807) is 43.5 Å². The Morgan fingerprint density at radius 3 is 2.36 bits per heavy atom. The first kappa shape index (κ1) is 19.4. The summed E-state index contributed by atoms with van der Waals surface area (Å²) in [4.78, 5) is 40.8. The lowest BCUT2D eigenvalue weighted by Gasteiger charge is -2.33. The number of amides is 4. The lowest BCUT2D eigenvalue weighted by atomic mass is 10.1. The molecule has 28 heavy (non-hydrogen) atoms. The number of carbonyl (C=O) groups is 3. The molecule has 3 rings (SSSR count). The molecular formula is C21H22N2O5. The minimum Gasteiger partial charge on any atom is -0.497 e. The molecule has 0 N–H and O–H groups in total. The molecule has 1 saturated heterocycles. The fourth-order valence-corrected chi connectivity index (χ4v) is 2.90. The van der Waals surface area contributed by atoms with Crippen molar-refractivity contribution in [2.75, 3.05) is 13.7 Å². The van der Waals surface area contributed by atoms with Gasteiger partial charge in [-0.05, 0) is 42.3 Å². The average molecular weight is 382 g/mol. The third-order valence-corrected chi connectivity index (χ3v) is 4.47. The number of furan rings is 1. The topological polar surface area (TPSA) is 80.1 Å². The molecule has 0 spiro atoms. The molecule has 0 aliphatic carbocycles. The molecule has 1 aliphatic rings. The van der Waals surface area contributed by atoms with Crippen LogP contribution in [0.25, 0.3) is 6.08 Å². The molecular weight excluding hydrogens is 360 g/mol. The van der Waals surface area contributed by atoms with E-state index in [2.05, 4.69) is 0 Å². The summed E-state index contributed by atoms with van der Waals surface area (Å²) in [6.07, 6.45) is 4.46. The highest BCUT2D eigenvalue weighted by Crippen LogP contribution is 2.23. The van der Waals surface area contributed by atoms with Gasteiger partial charge in [0, 0.05) is 6.54 Å². The van der Waals surface area contributed by atoms with Crippen LogP contribution in [0.4, 0.5) is 4.79 Å². The van der Waals surface area contributed by atoms with Crippen LogP contribution in [0.3, 0.4) is 0 Å². The molecule has 4 amide bonds. The molecule has 0 saturated carbocycles. The monoisotopic (exact) mass is 382 g/mol. The summed E-state index contributed by atoms with van der Waals surface area (Å²) in [5.74, 6) is -0.0668. The summed E-state index contributed by atoms with van der Waals surface area (Å²) in [6, 6.07) is 9.72. The van der Waals surface area contributed by atoms with Crippen molar-refractivity contribution in [3.05, 3.63) is 59.6 Å². The first-order chi connectivity index (χ1) is 13.5. The predicted octanol–water partition coefficient (Wildman–Crippen LogP) is 3.46. The van der Waals surface area contributed by atoms with E-state index in [4.69, 9.17) is 9.15 Å². The van der Waals surface area contributed by atoms with Gasteiger partial charge in [0.25, 0.3) is 11.8 Å². The zero-order valence-corrected chi connectivity index (χ0v) is 15.9. The fourth-order valence-electron chi connectivity index (χ4n) is 2.90. The summed E-state index contributed by atoms with van der Waals surface area (Å²) in [5, 5.41) is 0. The van der Waals surface area contributed by atoms with Crippen molar-refractivity contribution in [2.24, 2.45) is 0 Å². The van der Waals surface area contributed by atoms with Crippen LogP contribution in [0.2, 0.25) is 0 Å². The Balaban J connectivity index is 1.95. The highest BCUT2D eigenvalue weighted by atomic mass is 16.5. The van der Waals surface area contributed by atoms with E-state index in [-0.39, 0.29) is 18.7 Å². The van der Waals surface area contributed by atoms with E-state index in [1.807, 2.05) is 6.92 Å². The van der Waals surface area contributed by atoms with Gasteiger partial charge in [0.15, 0.2) is 0 Å². The minimum absolute atomic E-state index is 0.0273. The number of hydrogen-bond acceptors (Lipinski definition) is 5. The second kappa shape index (κ2) is 8.56. The Bertz CT molecular complexity index is 884. The van der Waals surface area contributed by atoms with Gasteiger partial charge in [-0.15, -0.1) is 0 Å². The standard InChI is InChI=1S/C21H22N2O5/c1-3-4-11-22-19(24)18(13-15-7-9-16(27-2)10-8-15)20(25)23(21(22)26)14-17-6-5-12-28-17/h5-10,12-13H,3-4,11,14H2,1-2H3/b18-13-.